The fourth-order valence-corrected chi connectivity index (χ4v) is 63.3. The zero-order chi connectivity index (χ0) is 38.0. The molecule has 0 saturated carbocycles. The molecule has 0 unspecified atom stereocenters. The topological polar surface area (TPSA) is 0 Å². The summed E-state index contributed by atoms with van der Waals surface area (Å²) in [6.45, 7) is 58.6. The van der Waals surface area contributed by atoms with Crippen LogP contribution in [0.5, 0.6) is 0 Å². The second-order valence-corrected chi connectivity index (χ2v) is 69.0. The summed E-state index contributed by atoms with van der Waals surface area (Å²) in [5.41, 5.74) is 8.85. The minimum absolute atomic E-state index is 0.540. The standard InChI is InChI=1S/C27H59Si6.C12H17.2CH3.Sn/c1-28(2,3)25(29(4,5)6)22-19-23(26(30(7,8)9)31(10,11)12)21-24(20-22)27(32(13,14)15)33(16,17)18;1-9(2)11-6-5-7-12(8-11)10(3)4;;;/h19-20,25-27H,1-18H3;5-7,9-10H,1-4H3;2*1H3;. The van der Waals surface area contributed by atoms with Crippen molar-refractivity contribution in [3.05, 3.63) is 58.1 Å². The molecule has 0 bridgehead atoms. The first-order chi connectivity index (χ1) is 21.1. The van der Waals surface area contributed by atoms with Crippen LogP contribution in [0.15, 0.2) is 30.3 Å². The SMILES string of the molecule is CC(C)c1cccc(C(C)C)[c]1[Sn]([CH3])([CH3])[c]1c(C([Si](C)(C)C)[Si](C)(C)C)cc(C([Si](C)(C)C)[Si](C)(C)C)cc1C([Si](C)(C)C)[Si](C)(C)C. The Balaban J connectivity index is 3.62. The summed E-state index contributed by atoms with van der Waals surface area (Å²) in [5, 5.41) is 2.25. The molecule has 0 aliphatic rings. The van der Waals surface area contributed by atoms with Crippen molar-refractivity contribution in [2.24, 2.45) is 0 Å². The quantitative estimate of drug-likeness (QED) is 0.176. The van der Waals surface area contributed by atoms with E-state index in [9.17, 15) is 0 Å². The van der Waals surface area contributed by atoms with Crippen molar-refractivity contribution in [1.29, 1.82) is 0 Å². The predicted molar refractivity (Wildman–Crippen MR) is 246 cm³/mol. The van der Waals surface area contributed by atoms with Gasteiger partial charge >= 0.3 is 315 Å². The summed E-state index contributed by atoms with van der Waals surface area (Å²) in [6.07, 6.45) is 0. The van der Waals surface area contributed by atoms with Crippen LogP contribution in [0.25, 0.3) is 0 Å². The summed E-state index contributed by atoms with van der Waals surface area (Å²) in [5.74, 6) is 1.08. The molecule has 274 valence electrons. The van der Waals surface area contributed by atoms with Crippen LogP contribution in [0.1, 0.15) is 82.8 Å². The van der Waals surface area contributed by atoms with Gasteiger partial charge in [0.1, 0.15) is 0 Å². The van der Waals surface area contributed by atoms with Gasteiger partial charge in [-0.1, -0.05) is 0 Å². The van der Waals surface area contributed by atoms with Gasteiger partial charge in [-0.25, -0.2) is 0 Å². The number of rotatable bonds is 13. The van der Waals surface area contributed by atoms with Gasteiger partial charge < -0.3 is 0 Å². The van der Waals surface area contributed by atoms with Gasteiger partial charge in [-0.15, -0.1) is 0 Å². The van der Waals surface area contributed by atoms with Crippen LogP contribution < -0.4 is 7.16 Å². The van der Waals surface area contributed by atoms with E-state index < -0.39 is 66.8 Å². The first-order valence-electron chi connectivity index (χ1n) is 19.4. The van der Waals surface area contributed by atoms with Gasteiger partial charge in [0.05, 0.1) is 0 Å². The molecular formula is C41H82Si6Sn. The molecular weight excluding hydrogens is 780 g/mol. The molecule has 0 aromatic heterocycles. The molecule has 0 aliphatic heterocycles. The van der Waals surface area contributed by atoms with Gasteiger partial charge in [-0.3, -0.25) is 0 Å². The Bertz CT molecular complexity index is 1290. The maximum absolute atomic E-state index is 3.33. The van der Waals surface area contributed by atoms with E-state index in [1.165, 1.54) is 0 Å². The Kier molecular flexibility index (Phi) is 13.7. The molecule has 0 N–H and O–H groups in total. The molecule has 0 heterocycles. The van der Waals surface area contributed by atoms with E-state index in [1.54, 1.807) is 16.7 Å². The molecule has 2 aromatic carbocycles. The number of hydrogen-bond acceptors (Lipinski definition) is 0. The van der Waals surface area contributed by atoms with Crippen molar-refractivity contribution in [2.75, 3.05) is 0 Å². The van der Waals surface area contributed by atoms with E-state index in [0.717, 1.165) is 15.5 Å². The first-order valence-corrected chi connectivity index (χ1v) is 49.4. The van der Waals surface area contributed by atoms with E-state index in [-0.39, 0.29) is 0 Å². The molecule has 0 fully saturated rings. The van der Waals surface area contributed by atoms with Crippen molar-refractivity contribution in [1.82, 2.24) is 0 Å². The molecule has 2 rings (SSSR count). The van der Waals surface area contributed by atoms with E-state index in [2.05, 4.69) is 186 Å². The van der Waals surface area contributed by atoms with E-state index in [1.807, 2.05) is 18.3 Å². The fourth-order valence-electron chi connectivity index (χ4n) is 11.2. The second-order valence-electron chi connectivity index (χ2n) is 23.3. The van der Waals surface area contributed by atoms with Gasteiger partial charge in [0, 0.05) is 0 Å². The summed E-state index contributed by atoms with van der Waals surface area (Å²) >= 11 is -3.33. The van der Waals surface area contributed by atoms with Gasteiger partial charge in [-0.2, -0.15) is 0 Å². The van der Waals surface area contributed by atoms with Crippen LogP contribution in [0, 0.1) is 0 Å². The Morgan fingerprint density at radius 1 is 0.396 bits per heavy atom. The third-order valence-corrected chi connectivity index (χ3v) is 49.3. The molecule has 7 heteroatoms. The zero-order valence-corrected chi connectivity index (χ0v) is 45.6. The van der Waals surface area contributed by atoms with Gasteiger partial charge in [0.15, 0.2) is 0 Å². The monoisotopic (exact) mass is 862 g/mol. The normalized spacial score (nSPS) is 14.8. The Morgan fingerprint density at radius 3 is 0.875 bits per heavy atom. The molecule has 0 spiro atoms. The summed E-state index contributed by atoms with van der Waals surface area (Å²) in [7, 11) is -9.44. The van der Waals surface area contributed by atoms with Crippen LogP contribution in [-0.2, 0) is 0 Å². The third-order valence-electron chi connectivity index (χ3n) is 11.0. The maximum atomic E-state index is 2.96. The fraction of sp³-hybridized carbons (Fsp3) is 0.707. The molecule has 0 nitrogen and oxygen atoms in total. The summed E-state index contributed by atoms with van der Waals surface area (Å²) in [4.78, 5) is 5.74. The summed E-state index contributed by atoms with van der Waals surface area (Å²) < 4.78 is 3.81. The van der Waals surface area contributed by atoms with Gasteiger partial charge in [0.25, 0.3) is 0 Å². The van der Waals surface area contributed by atoms with Crippen molar-refractivity contribution >= 4 is 74.0 Å². The van der Waals surface area contributed by atoms with E-state index in [4.69, 9.17) is 0 Å². The van der Waals surface area contributed by atoms with Crippen molar-refractivity contribution in [3.63, 3.8) is 0 Å². The molecule has 0 radical (unpaired) electrons. The molecule has 0 amide bonds. The van der Waals surface area contributed by atoms with Crippen LogP contribution in [0.2, 0.25) is 128 Å². The minimum atomic E-state index is -3.33. The molecule has 48 heavy (non-hydrogen) atoms. The van der Waals surface area contributed by atoms with E-state index in [0.29, 0.717) is 11.8 Å². The second kappa shape index (κ2) is 14.8. The Morgan fingerprint density at radius 2 is 0.646 bits per heavy atom. The zero-order valence-electron chi connectivity index (χ0n) is 36.8. The van der Waals surface area contributed by atoms with Crippen LogP contribution in [0.4, 0.5) is 0 Å². The van der Waals surface area contributed by atoms with Gasteiger partial charge in [0.2, 0.25) is 0 Å². The number of benzene rings is 2. The van der Waals surface area contributed by atoms with Gasteiger partial charge in [-0.05, 0) is 0 Å². The van der Waals surface area contributed by atoms with Crippen LogP contribution in [0.3, 0.4) is 0 Å². The first kappa shape index (κ1) is 44.7. The average molecular weight is 862 g/mol. The Labute approximate surface area is 312 Å². The van der Waals surface area contributed by atoms with Crippen molar-refractivity contribution in [2.45, 2.75) is 183 Å². The van der Waals surface area contributed by atoms with Crippen molar-refractivity contribution in [3.8, 4) is 0 Å². The molecule has 0 saturated heterocycles. The third kappa shape index (κ3) is 9.94. The number of hydrogen-bond donors (Lipinski definition) is 0. The van der Waals surface area contributed by atoms with Crippen LogP contribution in [-0.4, -0.2) is 66.8 Å². The van der Waals surface area contributed by atoms with Crippen molar-refractivity contribution < 1.29 is 0 Å². The predicted octanol–water partition coefficient (Wildman–Crippen LogP) is 13.3. The summed E-state index contributed by atoms with van der Waals surface area (Å²) in [6, 6.07) is 13.3. The molecule has 2 aromatic rings. The Hall–Kier alpha value is 0.540. The molecule has 0 aliphatic carbocycles. The molecule has 0 atom stereocenters. The average Bonchev–Trinajstić information content (AvgIpc) is 2.77. The van der Waals surface area contributed by atoms with Crippen LogP contribution >= 0.6 is 0 Å². The van der Waals surface area contributed by atoms with E-state index >= 15 is 0 Å².